The van der Waals surface area contributed by atoms with Gasteiger partial charge < -0.3 is 14.7 Å². The molecule has 5 heteroatoms. The molecule has 0 N–H and O–H groups in total. The zero-order chi connectivity index (χ0) is 39.6. The molecule has 4 unspecified atom stereocenters. The van der Waals surface area contributed by atoms with Crippen LogP contribution < -0.4 is 36.3 Å². The van der Waals surface area contributed by atoms with Crippen LogP contribution in [0.2, 0.25) is 19.6 Å². The average Bonchev–Trinajstić information content (AvgIpc) is 3.58. The van der Waals surface area contributed by atoms with Crippen LogP contribution in [-0.4, -0.2) is 20.3 Å². The van der Waals surface area contributed by atoms with Gasteiger partial charge in [0.25, 0.3) is 6.71 Å². The van der Waals surface area contributed by atoms with Crippen LogP contribution in [0, 0.1) is 0 Å². The Hall–Kier alpha value is -5.00. The first kappa shape index (κ1) is 35.0. The van der Waals surface area contributed by atoms with E-state index in [1.165, 1.54) is 98.6 Å². The van der Waals surface area contributed by atoms with Crippen LogP contribution in [-0.2, 0) is 22.8 Å². The van der Waals surface area contributed by atoms with E-state index < -0.39 is 8.07 Å². The number of benzene rings is 6. The third-order valence-electron chi connectivity index (χ3n) is 16.8. The molecule has 12 rings (SSSR count). The fourth-order valence-corrected chi connectivity index (χ4v) is 14.5. The average molecular weight is 772 g/mol. The Labute approximate surface area is 346 Å². The molecule has 0 radical (unpaired) electrons. The van der Waals surface area contributed by atoms with Gasteiger partial charge in [-0.2, -0.15) is 0 Å². The molecule has 1 saturated carbocycles. The predicted octanol–water partition coefficient (Wildman–Crippen LogP) is 10.9. The molecule has 2 aliphatic carbocycles. The van der Waals surface area contributed by atoms with Gasteiger partial charge in [0.1, 0.15) is 0 Å². The van der Waals surface area contributed by atoms with Gasteiger partial charge in [-0.3, -0.25) is 0 Å². The number of aryl methyl sites for hydroxylation is 1. The molecule has 4 atom stereocenters. The van der Waals surface area contributed by atoms with Crippen LogP contribution in [0.3, 0.4) is 0 Å². The first-order valence-corrected chi connectivity index (χ1v) is 25.5. The van der Waals surface area contributed by atoms with Gasteiger partial charge in [-0.1, -0.05) is 143 Å². The maximum absolute atomic E-state index is 2.93. The van der Waals surface area contributed by atoms with Crippen LogP contribution in [0.25, 0.3) is 0 Å². The standard InChI is InChI=1S/C53H54BN3Si/c1-50-28-17-18-29-52(50,3)57-47-32-37(56-44-25-15-13-23-40(44)51(2)30-27-35-19-11-12-22-39(35)53(51,56)4)31-46-48(47)54(43-34-38(58(5,6)7)33-41(50)49(43)57)42-24-14-16-26-45(42)55(46)36-20-9-8-10-21-36/h8-16,19-26,31-34H,17-18,27-30H2,1-7H3. The quantitative estimate of drug-likeness (QED) is 0.166. The van der Waals surface area contributed by atoms with Crippen LogP contribution in [0.5, 0.6) is 0 Å². The minimum absolute atomic E-state index is 0.0487. The molecule has 0 saturated heterocycles. The maximum Gasteiger partial charge on any atom is 0.252 e. The second-order valence-corrected chi connectivity index (χ2v) is 25.4. The van der Waals surface area contributed by atoms with E-state index in [1.54, 1.807) is 10.8 Å². The van der Waals surface area contributed by atoms with E-state index in [9.17, 15) is 0 Å². The minimum atomic E-state index is -1.68. The summed E-state index contributed by atoms with van der Waals surface area (Å²) in [6, 6.07) is 49.9. The summed E-state index contributed by atoms with van der Waals surface area (Å²) in [6.07, 6.45) is 7.20. The highest BCUT2D eigenvalue weighted by Gasteiger charge is 2.63. The molecule has 6 aliphatic rings. The molecule has 6 aromatic carbocycles. The fourth-order valence-electron chi connectivity index (χ4n) is 13.4. The van der Waals surface area contributed by atoms with Gasteiger partial charge in [-0.15, -0.1) is 0 Å². The van der Waals surface area contributed by atoms with Crippen LogP contribution in [0.4, 0.5) is 39.8 Å². The summed E-state index contributed by atoms with van der Waals surface area (Å²) in [6.45, 7) is 18.2. The van der Waals surface area contributed by atoms with Crippen molar-refractivity contribution in [2.24, 2.45) is 0 Å². The topological polar surface area (TPSA) is 9.72 Å². The molecule has 0 amide bonds. The Balaban J connectivity index is 1.23. The monoisotopic (exact) mass is 771 g/mol. The van der Waals surface area contributed by atoms with Crippen molar-refractivity contribution in [1.82, 2.24) is 0 Å². The molecular weight excluding hydrogens is 718 g/mol. The Morgan fingerprint density at radius 1 is 0.534 bits per heavy atom. The second-order valence-electron chi connectivity index (χ2n) is 20.3. The predicted molar refractivity (Wildman–Crippen MR) is 250 cm³/mol. The van der Waals surface area contributed by atoms with Crippen molar-refractivity contribution in [3.8, 4) is 0 Å². The van der Waals surface area contributed by atoms with Crippen molar-refractivity contribution in [3.63, 3.8) is 0 Å². The smallest absolute Gasteiger partial charge is 0.252 e. The highest BCUT2D eigenvalue weighted by molar-refractivity contribution is 7.01. The van der Waals surface area contributed by atoms with Gasteiger partial charge in [0.05, 0.1) is 19.2 Å². The number of nitrogens with zero attached hydrogens (tertiary/aromatic N) is 3. The Morgan fingerprint density at radius 2 is 1.21 bits per heavy atom. The summed E-state index contributed by atoms with van der Waals surface area (Å²) in [5.74, 6) is 0. The molecule has 1 fully saturated rings. The number of hydrogen-bond acceptors (Lipinski definition) is 3. The SMILES string of the molecule is CC12CCCCC1(C)N1c3cc(N4c5ccccc5C5(C)CCc6ccccc6C45C)cc4c3B(c3ccccc3N4c3ccccc3)c3cc([Si](C)(C)C)cc2c31. The van der Waals surface area contributed by atoms with E-state index >= 15 is 0 Å². The minimum Gasteiger partial charge on any atom is -0.335 e. The normalized spacial score (nSPS) is 26.9. The second kappa shape index (κ2) is 11.4. The maximum atomic E-state index is 2.93. The molecule has 3 nitrogen and oxygen atoms in total. The van der Waals surface area contributed by atoms with Gasteiger partial charge in [0.15, 0.2) is 0 Å². The lowest BCUT2D eigenvalue weighted by atomic mass is 9.33. The van der Waals surface area contributed by atoms with E-state index in [0.717, 1.165) is 12.8 Å². The van der Waals surface area contributed by atoms with E-state index in [4.69, 9.17) is 0 Å². The van der Waals surface area contributed by atoms with Crippen LogP contribution >= 0.6 is 0 Å². The number of rotatable bonds is 3. The van der Waals surface area contributed by atoms with Gasteiger partial charge in [-0.25, -0.2) is 0 Å². The van der Waals surface area contributed by atoms with Gasteiger partial charge in [0, 0.05) is 50.6 Å². The summed E-state index contributed by atoms with van der Waals surface area (Å²) in [5, 5.41) is 1.60. The number of para-hydroxylation sites is 3. The molecule has 0 spiro atoms. The molecule has 4 heterocycles. The van der Waals surface area contributed by atoms with Crippen molar-refractivity contribution in [1.29, 1.82) is 0 Å². The molecule has 58 heavy (non-hydrogen) atoms. The van der Waals surface area contributed by atoms with Gasteiger partial charge in [0.2, 0.25) is 0 Å². The molecule has 288 valence electrons. The van der Waals surface area contributed by atoms with E-state index in [1.807, 2.05) is 0 Å². The first-order chi connectivity index (χ1) is 27.9. The van der Waals surface area contributed by atoms with Gasteiger partial charge in [-0.05, 0) is 115 Å². The highest BCUT2D eigenvalue weighted by atomic mass is 28.3. The summed E-state index contributed by atoms with van der Waals surface area (Å²) in [7, 11) is -1.68. The molecular formula is C53H54BN3Si. The summed E-state index contributed by atoms with van der Waals surface area (Å²) in [4.78, 5) is 8.33. The largest absolute Gasteiger partial charge is 0.335 e. The Morgan fingerprint density at radius 3 is 2.00 bits per heavy atom. The van der Waals surface area contributed by atoms with E-state index in [2.05, 4.69) is 189 Å². The summed E-state index contributed by atoms with van der Waals surface area (Å²) >= 11 is 0. The zero-order valence-corrected chi connectivity index (χ0v) is 36.3. The van der Waals surface area contributed by atoms with Crippen LogP contribution in [0.1, 0.15) is 82.1 Å². The third-order valence-corrected chi connectivity index (χ3v) is 18.8. The van der Waals surface area contributed by atoms with Crippen molar-refractivity contribution >= 4 is 76.2 Å². The lowest BCUT2D eigenvalue weighted by molar-refractivity contribution is 0.195. The summed E-state index contributed by atoms with van der Waals surface area (Å²) in [5.41, 5.74) is 19.5. The molecule has 4 aliphatic heterocycles. The zero-order valence-electron chi connectivity index (χ0n) is 35.3. The van der Waals surface area contributed by atoms with E-state index in [-0.39, 0.29) is 28.6 Å². The number of anilines is 7. The van der Waals surface area contributed by atoms with Crippen molar-refractivity contribution < 1.29 is 0 Å². The number of fused-ring (bicyclic) bond motifs is 12. The number of hydrogen-bond donors (Lipinski definition) is 0. The van der Waals surface area contributed by atoms with Gasteiger partial charge >= 0.3 is 0 Å². The summed E-state index contributed by atoms with van der Waals surface area (Å²) < 4.78 is 0. The van der Waals surface area contributed by atoms with E-state index in [0.29, 0.717) is 0 Å². The van der Waals surface area contributed by atoms with Crippen molar-refractivity contribution in [3.05, 3.63) is 150 Å². The first-order valence-electron chi connectivity index (χ1n) is 22.0. The Bertz CT molecular complexity index is 2740. The molecule has 0 aromatic heterocycles. The molecule has 6 aromatic rings. The van der Waals surface area contributed by atoms with Crippen molar-refractivity contribution in [2.75, 3.05) is 14.7 Å². The molecule has 0 bridgehead atoms. The fraction of sp³-hybridized carbons (Fsp3) is 0.321. The lowest BCUT2D eigenvalue weighted by Crippen LogP contribution is -2.65. The van der Waals surface area contributed by atoms with Crippen molar-refractivity contribution in [2.45, 2.75) is 108 Å². The highest BCUT2D eigenvalue weighted by Crippen LogP contribution is 2.66. The van der Waals surface area contributed by atoms with Crippen LogP contribution in [0.15, 0.2) is 127 Å². The Kier molecular flexibility index (Phi) is 6.87. The third kappa shape index (κ3) is 4.07. The lowest BCUT2D eigenvalue weighted by Gasteiger charge is -2.54.